The molecule has 0 heterocycles. The molecule has 2 atom stereocenters. The number of hydrogen-bond donors (Lipinski definition) is 0. The molecule has 0 N–H and O–H groups in total. The quantitative estimate of drug-likeness (QED) is 0.420. The molecule has 0 fully saturated rings. The molecule has 0 amide bonds. The molecule has 0 saturated carbocycles. The zero-order chi connectivity index (χ0) is 12.1. The molecule has 0 aromatic carbocycles. The molecule has 0 spiro atoms. The summed E-state index contributed by atoms with van der Waals surface area (Å²) in [5.41, 5.74) is 2.86. The number of ether oxygens (including phenoxy) is 2. The summed E-state index contributed by atoms with van der Waals surface area (Å²) < 4.78 is 11.7. The highest BCUT2D eigenvalue weighted by Gasteiger charge is 2.24. The highest BCUT2D eigenvalue weighted by Crippen LogP contribution is 2.29. The first-order valence-corrected chi connectivity index (χ1v) is 7.16. The van der Waals surface area contributed by atoms with Gasteiger partial charge >= 0.3 is 0 Å². The fraction of sp³-hybridized carbons (Fsp3) is 0.846. The van der Waals surface area contributed by atoms with Crippen molar-refractivity contribution in [1.29, 1.82) is 0 Å². The Morgan fingerprint density at radius 2 is 2.06 bits per heavy atom. The van der Waals surface area contributed by atoms with Crippen LogP contribution < -0.4 is 0 Å². The van der Waals surface area contributed by atoms with E-state index < -0.39 is 0 Å². The van der Waals surface area contributed by atoms with Crippen LogP contribution in [0.1, 0.15) is 40.5 Å². The third-order valence-electron chi connectivity index (χ3n) is 3.00. The van der Waals surface area contributed by atoms with E-state index in [1.165, 1.54) is 11.1 Å². The van der Waals surface area contributed by atoms with Crippen LogP contribution >= 0.6 is 15.9 Å². The lowest BCUT2D eigenvalue weighted by molar-refractivity contribution is -0.152. The highest BCUT2D eigenvalue weighted by molar-refractivity contribution is 9.09. The third kappa shape index (κ3) is 4.19. The van der Waals surface area contributed by atoms with Gasteiger partial charge in [-0.25, -0.2) is 0 Å². The van der Waals surface area contributed by atoms with Crippen LogP contribution in [0.4, 0.5) is 0 Å². The molecular formula is C13H23BrO2. The van der Waals surface area contributed by atoms with Crippen molar-refractivity contribution in [2.75, 3.05) is 11.9 Å². The molecule has 0 aromatic rings. The molecule has 1 aliphatic rings. The van der Waals surface area contributed by atoms with Crippen molar-refractivity contribution >= 4 is 15.9 Å². The Hall–Kier alpha value is 0.140. The Morgan fingerprint density at radius 3 is 2.50 bits per heavy atom. The summed E-state index contributed by atoms with van der Waals surface area (Å²) in [6.45, 7) is 9.41. The van der Waals surface area contributed by atoms with E-state index in [9.17, 15) is 0 Å². The van der Waals surface area contributed by atoms with E-state index in [-0.39, 0.29) is 12.4 Å². The van der Waals surface area contributed by atoms with Crippen LogP contribution in [-0.4, -0.2) is 24.3 Å². The van der Waals surface area contributed by atoms with Gasteiger partial charge in [0.25, 0.3) is 0 Å². The lowest BCUT2D eigenvalue weighted by Gasteiger charge is -2.22. The molecule has 16 heavy (non-hydrogen) atoms. The van der Waals surface area contributed by atoms with Crippen LogP contribution in [0.15, 0.2) is 11.1 Å². The van der Waals surface area contributed by atoms with Crippen molar-refractivity contribution in [3.8, 4) is 0 Å². The second-order valence-electron chi connectivity index (χ2n) is 4.94. The number of hydrogen-bond acceptors (Lipinski definition) is 2. The molecule has 94 valence electrons. The maximum Gasteiger partial charge on any atom is 0.167 e. The fourth-order valence-electron chi connectivity index (χ4n) is 1.81. The summed E-state index contributed by atoms with van der Waals surface area (Å²) in [5, 5.41) is 0.739. The lowest BCUT2D eigenvalue weighted by Crippen LogP contribution is -2.27. The summed E-state index contributed by atoms with van der Waals surface area (Å²) in [5.74, 6) is 0.548. The summed E-state index contributed by atoms with van der Waals surface area (Å²) in [6, 6.07) is 0. The largest absolute Gasteiger partial charge is 0.351 e. The van der Waals surface area contributed by atoms with E-state index in [4.69, 9.17) is 9.47 Å². The van der Waals surface area contributed by atoms with Gasteiger partial charge < -0.3 is 9.47 Å². The van der Waals surface area contributed by atoms with Crippen LogP contribution in [0.2, 0.25) is 0 Å². The first-order valence-electron chi connectivity index (χ1n) is 6.03. The van der Waals surface area contributed by atoms with E-state index in [0.717, 1.165) is 24.8 Å². The van der Waals surface area contributed by atoms with Gasteiger partial charge in [0, 0.05) is 0 Å². The zero-order valence-electron chi connectivity index (χ0n) is 10.8. The molecule has 2 nitrogen and oxygen atoms in total. The topological polar surface area (TPSA) is 18.5 Å². The van der Waals surface area contributed by atoms with Gasteiger partial charge in [-0.15, -0.1) is 0 Å². The Bertz CT molecular complexity index is 248. The minimum atomic E-state index is -0.117. The molecule has 0 aromatic heterocycles. The summed E-state index contributed by atoms with van der Waals surface area (Å²) in [4.78, 5) is 0. The molecule has 0 aliphatic heterocycles. The van der Waals surface area contributed by atoms with E-state index in [0.29, 0.717) is 5.92 Å². The molecule has 0 bridgehead atoms. The van der Waals surface area contributed by atoms with E-state index in [1.54, 1.807) is 0 Å². The predicted octanol–water partition coefficient (Wildman–Crippen LogP) is 3.90. The van der Waals surface area contributed by atoms with Gasteiger partial charge in [0.15, 0.2) is 6.29 Å². The molecule has 1 rings (SSSR count). The SMILES string of the molecule is CC1=C(C)C(OC(CBr)OCC(C)C)CC1. The average Bonchev–Trinajstić information content (AvgIpc) is 2.55. The monoisotopic (exact) mass is 290 g/mol. The van der Waals surface area contributed by atoms with Crippen LogP contribution in [-0.2, 0) is 9.47 Å². The number of allylic oxidation sites excluding steroid dienone is 1. The molecule has 2 unspecified atom stereocenters. The van der Waals surface area contributed by atoms with Crippen molar-refractivity contribution in [3.63, 3.8) is 0 Å². The Kier molecular flexibility index (Phi) is 6.01. The maximum atomic E-state index is 5.97. The first-order chi connectivity index (χ1) is 7.54. The van der Waals surface area contributed by atoms with Gasteiger partial charge in [0.05, 0.1) is 18.0 Å². The summed E-state index contributed by atoms with van der Waals surface area (Å²) in [6.07, 6.45) is 2.41. The van der Waals surface area contributed by atoms with Gasteiger partial charge in [-0.1, -0.05) is 35.4 Å². The molecule has 0 saturated heterocycles. The highest BCUT2D eigenvalue weighted by atomic mass is 79.9. The predicted molar refractivity (Wildman–Crippen MR) is 70.9 cm³/mol. The van der Waals surface area contributed by atoms with Gasteiger partial charge in [-0.05, 0) is 38.2 Å². The lowest BCUT2D eigenvalue weighted by atomic mass is 10.2. The first kappa shape index (κ1) is 14.2. The number of rotatable bonds is 6. The van der Waals surface area contributed by atoms with Crippen LogP contribution in [0.3, 0.4) is 0 Å². The van der Waals surface area contributed by atoms with E-state index in [1.807, 2.05) is 0 Å². The van der Waals surface area contributed by atoms with Crippen LogP contribution in [0, 0.1) is 5.92 Å². The van der Waals surface area contributed by atoms with Crippen molar-refractivity contribution in [1.82, 2.24) is 0 Å². The zero-order valence-corrected chi connectivity index (χ0v) is 12.3. The van der Waals surface area contributed by atoms with Gasteiger partial charge in [0.1, 0.15) is 0 Å². The number of halogens is 1. The Morgan fingerprint density at radius 1 is 1.38 bits per heavy atom. The summed E-state index contributed by atoms with van der Waals surface area (Å²) >= 11 is 3.44. The normalized spacial score (nSPS) is 23.2. The molecular weight excluding hydrogens is 268 g/mol. The van der Waals surface area contributed by atoms with Crippen LogP contribution in [0.5, 0.6) is 0 Å². The Labute approximate surface area is 108 Å². The molecule has 3 heteroatoms. The standard InChI is InChI=1S/C13H23BrO2/c1-9(2)8-15-13(7-14)16-12-6-5-10(3)11(12)4/h9,12-13H,5-8H2,1-4H3. The van der Waals surface area contributed by atoms with Crippen molar-refractivity contribution in [2.24, 2.45) is 5.92 Å². The second-order valence-corrected chi connectivity index (χ2v) is 5.59. The third-order valence-corrected chi connectivity index (χ3v) is 3.52. The van der Waals surface area contributed by atoms with Crippen molar-refractivity contribution in [3.05, 3.63) is 11.1 Å². The molecule has 1 aliphatic carbocycles. The van der Waals surface area contributed by atoms with E-state index >= 15 is 0 Å². The second kappa shape index (κ2) is 6.77. The van der Waals surface area contributed by atoms with Crippen molar-refractivity contribution in [2.45, 2.75) is 52.9 Å². The Balaban J connectivity index is 2.39. The summed E-state index contributed by atoms with van der Waals surface area (Å²) in [7, 11) is 0. The minimum absolute atomic E-state index is 0.117. The smallest absolute Gasteiger partial charge is 0.167 e. The number of alkyl halides is 1. The van der Waals surface area contributed by atoms with Gasteiger partial charge in [-0.3, -0.25) is 0 Å². The maximum absolute atomic E-state index is 5.97. The minimum Gasteiger partial charge on any atom is -0.351 e. The van der Waals surface area contributed by atoms with Crippen LogP contribution in [0.25, 0.3) is 0 Å². The van der Waals surface area contributed by atoms with E-state index in [2.05, 4.69) is 43.6 Å². The average molecular weight is 291 g/mol. The fourth-order valence-corrected chi connectivity index (χ4v) is 2.15. The van der Waals surface area contributed by atoms with Gasteiger partial charge in [-0.2, -0.15) is 0 Å². The molecule has 0 radical (unpaired) electrons. The van der Waals surface area contributed by atoms with Crippen molar-refractivity contribution < 1.29 is 9.47 Å². The van der Waals surface area contributed by atoms with Gasteiger partial charge in [0.2, 0.25) is 0 Å².